The van der Waals surface area contributed by atoms with Crippen LogP contribution < -0.4 is 15.4 Å². The van der Waals surface area contributed by atoms with Gasteiger partial charge >= 0.3 is 5.92 Å². The third-order valence-electron chi connectivity index (χ3n) is 6.08. The van der Waals surface area contributed by atoms with Crippen molar-refractivity contribution in [2.75, 3.05) is 37.8 Å². The molecule has 2 fully saturated rings. The molecule has 11 heteroatoms. The number of halogens is 2. The summed E-state index contributed by atoms with van der Waals surface area (Å²) in [5, 5.41) is 12.3. The molecule has 1 atom stereocenters. The summed E-state index contributed by atoms with van der Waals surface area (Å²) in [4.78, 5) is 17.0. The van der Waals surface area contributed by atoms with Gasteiger partial charge in [-0.25, -0.2) is 0 Å². The number of piperidine rings is 1. The average molecular weight is 497 g/mol. The number of aliphatic hydroxyl groups excluding tert-OH is 1. The number of aryl methyl sites for hydroxylation is 1. The van der Waals surface area contributed by atoms with Crippen molar-refractivity contribution in [1.29, 1.82) is 0 Å². The normalized spacial score (nSPS) is 18.8. The van der Waals surface area contributed by atoms with E-state index in [0.29, 0.717) is 37.8 Å². The van der Waals surface area contributed by atoms with E-state index in [9.17, 15) is 13.6 Å². The zero-order valence-electron chi connectivity index (χ0n) is 20.2. The molecule has 0 bridgehead atoms. The van der Waals surface area contributed by atoms with Crippen molar-refractivity contribution in [2.45, 2.75) is 58.0 Å². The lowest BCUT2D eigenvalue weighted by atomic mass is 9.92. The Hall–Kier alpha value is -2.79. The Kier molecular flexibility index (Phi) is 9.39. The lowest BCUT2D eigenvalue weighted by molar-refractivity contribution is -0.0158. The second-order valence-electron chi connectivity index (χ2n) is 9.07. The number of hydrogen-bond donors (Lipinski definition) is 2. The van der Waals surface area contributed by atoms with E-state index < -0.39 is 17.7 Å². The molecule has 2 aliphatic heterocycles. The lowest BCUT2D eigenvalue weighted by Gasteiger charge is -2.30. The number of amides is 1. The van der Waals surface area contributed by atoms with Crippen LogP contribution >= 0.6 is 0 Å². The highest BCUT2D eigenvalue weighted by Gasteiger charge is 2.33. The third kappa shape index (κ3) is 8.14. The highest BCUT2D eigenvalue weighted by molar-refractivity contribution is 5.94. The van der Waals surface area contributed by atoms with Crippen LogP contribution in [-0.4, -0.2) is 60.2 Å². The Balaban J connectivity index is 0.000000497. The maximum Gasteiger partial charge on any atom is 0.322 e. The van der Waals surface area contributed by atoms with E-state index in [-0.39, 0.29) is 12.1 Å². The first-order valence-electron chi connectivity index (χ1n) is 11.9. The quantitative estimate of drug-likeness (QED) is 0.533. The van der Waals surface area contributed by atoms with Crippen LogP contribution in [0.2, 0.25) is 0 Å². The van der Waals surface area contributed by atoms with E-state index in [0.717, 1.165) is 56.9 Å². The molecule has 1 aromatic heterocycles. The molecule has 1 unspecified atom stereocenters. The largest absolute Gasteiger partial charge is 0.494 e. The number of rotatable bonds is 8. The van der Waals surface area contributed by atoms with Crippen LogP contribution in [0.1, 0.15) is 60.8 Å². The van der Waals surface area contributed by atoms with Crippen LogP contribution in [0.25, 0.3) is 0 Å². The summed E-state index contributed by atoms with van der Waals surface area (Å²) in [6.07, 6.45) is 4.47. The first kappa shape index (κ1) is 26.8. The van der Waals surface area contributed by atoms with E-state index in [1.807, 2.05) is 17.9 Å². The standard InChI is InChI=1S/C20H26F2N4O3.C4H8O2/c1-13-12-15(5-6-16(13)17(23)27)28-11-3-4-14-7-9-26(10-8-14)19-24-18(29-25-19)20(2,21)22;5-4-1-2-6-3-4/h5-6,12,14H,3-4,7-11H2,1-2H3,(H2,23,27);4-5H,1-3H2. The Morgan fingerprint density at radius 2 is 2.06 bits per heavy atom. The molecule has 1 aromatic carbocycles. The molecule has 0 aliphatic carbocycles. The van der Waals surface area contributed by atoms with Gasteiger partial charge in [0.15, 0.2) is 0 Å². The Bertz CT molecular complexity index is 952. The first-order valence-corrected chi connectivity index (χ1v) is 11.9. The average Bonchev–Trinajstić information content (AvgIpc) is 3.49. The molecule has 2 saturated heterocycles. The topological polar surface area (TPSA) is 124 Å². The van der Waals surface area contributed by atoms with Gasteiger partial charge in [0.05, 0.1) is 19.3 Å². The van der Waals surface area contributed by atoms with E-state index in [1.165, 1.54) is 0 Å². The van der Waals surface area contributed by atoms with Crippen molar-refractivity contribution in [3.05, 3.63) is 35.2 Å². The highest BCUT2D eigenvalue weighted by atomic mass is 19.3. The van der Waals surface area contributed by atoms with Crippen molar-refractivity contribution in [3.8, 4) is 5.75 Å². The molecule has 2 aromatic rings. The van der Waals surface area contributed by atoms with Gasteiger partial charge in [-0.05, 0) is 73.9 Å². The number of carbonyl (C=O) groups excluding carboxylic acids is 1. The van der Waals surface area contributed by atoms with Crippen molar-refractivity contribution in [2.24, 2.45) is 11.7 Å². The summed E-state index contributed by atoms with van der Waals surface area (Å²) in [7, 11) is 0. The number of carbonyl (C=O) groups is 1. The van der Waals surface area contributed by atoms with Gasteiger partial charge < -0.3 is 29.7 Å². The van der Waals surface area contributed by atoms with Crippen molar-refractivity contribution in [3.63, 3.8) is 0 Å². The SMILES string of the molecule is Cc1cc(OCCCC2CCN(c3noc(C(C)(F)F)n3)CC2)ccc1C(N)=O.OC1CCOC1. The van der Waals surface area contributed by atoms with Crippen LogP contribution in [0.15, 0.2) is 22.7 Å². The molecule has 0 spiro atoms. The number of nitrogens with two attached hydrogens (primary N) is 1. The molecule has 194 valence electrons. The summed E-state index contributed by atoms with van der Waals surface area (Å²) in [6.45, 7) is 5.87. The van der Waals surface area contributed by atoms with E-state index in [2.05, 4.69) is 14.7 Å². The summed E-state index contributed by atoms with van der Waals surface area (Å²) in [6, 6.07) is 5.25. The molecule has 4 rings (SSSR count). The molecule has 35 heavy (non-hydrogen) atoms. The number of primary amides is 1. The molecule has 9 nitrogen and oxygen atoms in total. The van der Waals surface area contributed by atoms with Gasteiger partial charge in [0.25, 0.3) is 11.8 Å². The minimum atomic E-state index is -3.12. The van der Waals surface area contributed by atoms with Gasteiger partial charge in [0.1, 0.15) is 5.75 Å². The smallest absolute Gasteiger partial charge is 0.322 e. The predicted octanol–water partition coefficient (Wildman–Crippen LogP) is 3.43. The number of nitrogens with zero attached hydrogens (tertiary/aromatic N) is 3. The number of ether oxygens (including phenoxy) is 2. The fourth-order valence-electron chi connectivity index (χ4n) is 4.03. The molecule has 2 aliphatic rings. The summed E-state index contributed by atoms with van der Waals surface area (Å²) in [5.41, 5.74) is 6.61. The van der Waals surface area contributed by atoms with Gasteiger partial charge in [-0.3, -0.25) is 4.79 Å². The molecule has 0 radical (unpaired) electrons. The van der Waals surface area contributed by atoms with Crippen LogP contribution in [0.3, 0.4) is 0 Å². The number of hydrogen-bond acceptors (Lipinski definition) is 8. The Morgan fingerprint density at radius 3 is 2.57 bits per heavy atom. The van der Waals surface area contributed by atoms with Gasteiger partial charge in [-0.2, -0.15) is 13.8 Å². The maximum absolute atomic E-state index is 13.2. The minimum Gasteiger partial charge on any atom is -0.494 e. The monoisotopic (exact) mass is 496 g/mol. The second kappa shape index (κ2) is 12.3. The molecule has 3 heterocycles. The molecule has 1 amide bonds. The van der Waals surface area contributed by atoms with Gasteiger partial charge in [-0.1, -0.05) is 0 Å². The predicted molar refractivity (Wildman–Crippen MR) is 125 cm³/mol. The molecule has 0 saturated carbocycles. The van der Waals surface area contributed by atoms with Crippen LogP contribution in [-0.2, 0) is 10.7 Å². The molecular formula is C24H34F2N4O5. The van der Waals surface area contributed by atoms with Gasteiger partial charge in [-0.15, -0.1) is 0 Å². The maximum atomic E-state index is 13.2. The number of aromatic nitrogens is 2. The number of aliphatic hydroxyl groups is 1. The number of benzene rings is 1. The second-order valence-corrected chi connectivity index (χ2v) is 9.07. The summed E-state index contributed by atoms with van der Waals surface area (Å²) in [5.74, 6) is -2.71. The fraction of sp³-hybridized carbons (Fsp3) is 0.625. The van der Waals surface area contributed by atoms with Gasteiger partial charge in [0.2, 0.25) is 5.91 Å². The molecular weight excluding hydrogens is 462 g/mol. The van der Waals surface area contributed by atoms with Crippen molar-refractivity contribution < 1.29 is 32.7 Å². The lowest BCUT2D eigenvalue weighted by Crippen LogP contribution is -2.34. The van der Waals surface area contributed by atoms with E-state index in [1.54, 1.807) is 12.1 Å². The summed E-state index contributed by atoms with van der Waals surface area (Å²) >= 11 is 0. The van der Waals surface area contributed by atoms with Crippen molar-refractivity contribution in [1.82, 2.24) is 10.1 Å². The van der Waals surface area contributed by atoms with Crippen molar-refractivity contribution >= 4 is 11.9 Å². The zero-order valence-corrected chi connectivity index (χ0v) is 20.2. The van der Waals surface area contributed by atoms with Crippen LogP contribution in [0, 0.1) is 12.8 Å². The van der Waals surface area contributed by atoms with Crippen LogP contribution in [0.4, 0.5) is 14.7 Å². The van der Waals surface area contributed by atoms with E-state index in [4.69, 9.17) is 20.3 Å². The van der Waals surface area contributed by atoms with E-state index >= 15 is 0 Å². The Morgan fingerprint density at radius 1 is 1.31 bits per heavy atom. The summed E-state index contributed by atoms with van der Waals surface area (Å²) < 4.78 is 41.7. The number of alkyl halides is 2. The highest BCUT2D eigenvalue weighted by Crippen LogP contribution is 2.29. The minimum absolute atomic E-state index is 0.176. The Labute approximate surface area is 203 Å². The van der Waals surface area contributed by atoms with Crippen LogP contribution in [0.5, 0.6) is 5.75 Å². The first-order chi connectivity index (χ1) is 16.6. The fourth-order valence-corrected chi connectivity index (χ4v) is 4.03. The van der Waals surface area contributed by atoms with Gasteiger partial charge in [0, 0.05) is 32.2 Å². The third-order valence-corrected chi connectivity index (χ3v) is 6.08. The number of anilines is 1. The molecule has 3 N–H and O–H groups in total. The zero-order chi connectivity index (χ0) is 25.4.